The zero-order valence-electron chi connectivity index (χ0n) is 12.2. The van der Waals surface area contributed by atoms with Gasteiger partial charge in [-0.25, -0.2) is 4.79 Å². The summed E-state index contributed by atoms with van der Waals surface area (Å²) in [6, 6.07) is 2.72. The van der Waals surface area contributed by atoms with Crippen LogP contribution in [0.3, 0.4) is 0 Å². The SMILES string of the molecule is CN(C(=O)Nc1ccc(C(F)(F)F)c(Br)c1)C1CC(C(N)=O)C1. The van der Waals surface area contributed by atoms with Gasteiger partial charge in [0, 0.05) is 29.2 Å². The van der Waals surface area contributed by atoms with Crippen molar-refractivity contribution in [2.75, 3.05) is 12.4 Å². The van der Waals surface area contributed by atoms with Gasteiger partial charge in [-0.2, -0.15) is 13.2 Å². The van der Waals surface area contributed by atoms with Gasteiger partial charge in [0.15, 0.2) is 0 Å². The van der Waals surface area contributed by atoms with E-state index in [9.17, 15) is 22.8 Å². The first kappa shape index (κ1) is 17.6. The van der Waals surface area contributed by atoms with Crippen molar-refractivity contribution in [1.29, 1.82) is 0 Å². The summed E-state index contributed by atoms with van der Waals surface area (Å²) in [5, 5.41) is 2.53. The zero-order valence-corrected chi connectivity index (χ0v) is 13.7. The van der Waals surface area contributed by atoms with Crippen molar-refractivity contribution < 1.29 is 22.8 Å². The smallest absolute Gasteiger partial charge is 0.369 e. The van der Waals surface area contributed by atoms with Gasteiger partial charge in [0.25, 0.3) is 0 Å². The number of nitrogens with one attached hydrogen (secondary N) is 1. The standard InChI is InChI=1S/C14H15BrF3N3O2/c1-21(9-4-7(5-9)12(19)22)13(23)20-8-2-3-10(11(15)6-8)14(16,17)18/h2-3,6-7,9H,4-5H2,1H3,(H2,19,22)(H,20,23). The Morgan fingerprint density at radius 3 is 2.43 bits per heavy atom. The van der Waals surface area contributed by atoms with Crippen molar-refractivity contribution in [2.45, 2.75) is 25.1 Å². The average Bonchev–Trinajstić information content (AvgIpc) is 2.34. The van der Waals surface area contributed by atoms with Crippen LogP contribution in [0.5, 0.6) is 0 Å². The van der Waals surface area contributed by atoms with Crippen LogP contribution in [0.4, 0.5) is 23.7 Å². The van der Waals surface area contributed by atoms with Crippen molar-refractivity contribution in [2.24, 2.45) is 11.7 Å². The summed E-state index contributed by atoms with van der Waals surface area (Å²) < 4.78 is 37.9. The summed E-state index contributed by atoms with van der Waals surface area (Å²) in [6.07, 6.45) is -3.47. The third-order valence-corrected chi connectivity index (χ3v) is 4.57. The third kappa shape index (κ3) is 3.95. The van der Waals surface area contributed by atoms with Crippen LogP contribution >= 0.6 is 15.9 Å². The molecule has 9 heteroatoms. The van der Waals surface area contributed by atoms with Crippen LogP contribution in [-0.2, 0) is 11.0 Å². The molecule has 1 saturated carbocycles. The van der Waals surface area contributed by atoms with Gasteiger partial charge in [0.1, 0.15) is 0 Å². The van der Waals surface area contributed by atoms with Crippen molar-refractivity contribution >= 4 is 33.6 Å². The van der Waals surface area contributed by atoms with Crippen LogP contribution in [0, 0.1) is 5.92 Å². The van der Waals surface area contributed by atoms with Crippen molar-refractivity contribution in [1.82, 2.24) is 4.90 Å². The Kier molecular flexibility index (Phi) is 4.88. The molecule has 0 spiro atoms. The number of carbonyl (C=O) groups excluding carboxylic acids is 2. The Morgan fingerprint density at radius 2 is 1.96 bits per heavy atom. The lowest BCUT2D eigenvalue weighted by Gasteiger charge is -2.39. The van der Waals surface area contributed by atoms with Crippen molar-refractivity contribution in [3.05, 3.63) is 28.2 Å². The molecule has 126 valence electrons. The molecule has 0 bridgehead atoms. The number of anilines is 1. The molecule has 1 aliphatic carbocycles. The number of amides is 3. The minimum atomic E-state index is -4.46. The van der Waals surface area contributed by atoms with E-state index in [0.717, 1.165) is 6.07 Å². The van der Waals surface area contributed by atoms with Crippen LogP contribution in [0.2, 0.25) is 0 Å². The number of hydrogen-bond donors (Lipinski definition) is 2. The van der Waals surface area contributed by atoms with Gasteiger partial charge in [-0.15, -0.1) is 0 Å². The molecule has 1 fully saturated rings. The molecule has 3 amide bonds. The molecule has 2 rings (SSSR count). The molecule has 0 radical (unpaired) electrons. The first-order valence-electron chi connectivity index (χ1n) is 6.79. The Labute approximate surface area is 139 Å². The molecule has 3 N–H and O–H groups in total. The normalized spacial score (nSPS) is 20.6. The quantitative estimate of drug-likeness (QED) is 0.827. The minimum Gasteiger partial charge on any atom is -0.369 e. The topological polar surface area (TPSA) is 75.4 Å². The number of nitrogens with two attached hydrogens (primary N) is 1. The first-order chi connectivity index (χ1) is 10.6. The highest BCUT2D eigenvalue weighted by atomic mass is 79.9. The fraction of sp³-hybridized carbons (Fsp3) is 0.429. The minimum absolute atomic E-state index is 0.106. The number of benzene rings is 1. The fourth-order valence-corrected chi connectivity index (χ4v) is 2.94. The lowest BCUT2D eigenvalue weighted by molar-refractivity contribution is -0.138. The molecule has 0 unspecified atom stereocenters. The maximum Gasteiger partial charge on any atom is 0.417 e. The summed E-state index contributed by atoms with van der Waals surface area (Å²) >= 11 is 2.85. The average molecular weight is 394 g/mol. The van der Waals surface area contributed by atoms with E-state index in [1.165, 1.54) is 17.0 Å². The van der Waals surface area contributed by atoms with Crippen LogP contribution in [0.1, 0.15) is 18.4 Å². The number of primary amides is 1. The van der Waals surface area contributed by atoms with Crippen molar-refractivity contribution in [3.8, 4) is 0 Å². The number of urea groups is 1. The third-order valence-electron chi connectivity index (χ3n) is 3.91. The molecule has 0 saturated heterocycles. The predicted octanol–water partition coefficient (Wildman–Crippen LogP) is 3.20. The summed E-state index contributed by atoms with van der Waals surface area (Å²) in [5.41, 5.74) is 4.60. The fourth-order valence-electron chi connectivity index (χ4n) is 2.34. The summed E-state index contributed by atoms with van der Waals surface area (Å²) in [5.74, 6) is -0.614. The van der Waals surface area contributed by atoms with Gasteiger partial charge in [0.05, 0.1) is 5.56 Å². The van der Waals surface area contributed by atoms with Crippen LogP contribution < -0.4 is 11.1 Å². The second-order valence-electron chi connectivity index (χ2n) is 5.46. The van der Waals surface area contributed by atoms with E-state index in [-0.39, 0.29) is 28.0 Å². The number of hydrogen-bond acceptors (Lipinski definition) is 2. The number of alkyl halides is 3. The van der Waals surface area contributed by atoms with E-state index in [2.05, 4.69) is 21.2 Å². The maximum absolute atomic E-state index is 12.7. The molecule has 0 aromatic heterocycles. The Balaban J connectivity index is 1.98. The Hall–Kier alpha value is -1.77. The number of halogens is 4. The van der Waals surface area contributed by atoms with Crippen molar-refractivity contribution in [3.63, 3.8) is 0 Å². The van der Waals surface area contributed by atoms with Crippen LogP contribution in [0.15, 0.2) is 22.7 Å². The Morgan fingerprint density at radius 1 is 1.35 bits per heavy atom. The number of nitrogens with zero attached hydrogens (tertiary/aromatic N) is 1. The number of carbonyl (C=O) groups is 2. The van der Waals surface area contributed by atoms with Gasteiger partial charge in [-0.05, 0) is 31.0 Å². The zero-order chi connectivity index (χ0) is 17.4. The first-order valence-corrected chi connectivity index (χ1v) is 7.58. The van der Waals surface area contributed by atoms with E-state index in [0.29, 0.717) is 12.8 Å². The summed E-state index contributed by atoms with van der Waals surface area (Å²) in [4.78, 5) is 24.5. The van der Waals surface area contributed by atoms with Gasteiger partial charge < -0.3 is 16.0 Å². The summed E-state index contributed by atoms with van der Waals surface area (Å²) in [7, 11) is 1.57. The van der Waals surface area contributed by atoms with E-state index < -0.39 is 17.8 Å². The van der Waals surface area contributed by atoms with Gasteiger partial charge in [-0.3, -0.25) is 4.79 Å². The lowest BCUT2D eigenvalue weighted by Crippen LogP contribution is -2.50. The van der Waals surface area contributed by atoms with Gasteiger partial charge in [-0.1, -0.05) is 15.9 Å². The number of rotatable bonds is 3. The van der Waals surface area contributed by atoms with Crippen LogP contribution in [-0.4, -0.2) is 29.9 Å². The maximum atomic E-state index is 12.7. The van der Waals surface area contributed by atoms with E-state index >= 15 is 0 Å². The highest BCUT2D eigenvalue weighted by Crippen LogP contribution is 2.36. The molecule has 23 heavy (non-hydrogen) atoms. The summed E-state index contributed by atoms with van der Waals surface area (Å²) in [6.45, 7) is 0. The highest BCUT2D eigenvalue weighted by Gasteiger charge is 2.37. The second kappa shape index (κ2) is 6.38. The van der Waals surface area contributed by atoms with Gasteiger partial charge >= 0.3 is 12.2 Å². The largest absolute Gasteiger partial charge is 0.417 e. The highest BCUT2D eigenvalue weighted by molar-refractivity contribution is 9.10. The molecule has 1 aromatic carbocycles. The second-order valence-corrected chi connectivity index (χ2v) is 6.31. The molecular weight excluding hydrogens is 379 g/mol. The van der Waals surface area contributed by atoms with Crippen LogP contribution in [0.25, 0.3) is 0 Å². The molecular formula is C14H15BrF3N3O2. The molecule has 0 aliphatic heterocycles. The van der Waals surface area contributed by atoms with E-state index in [1.807, 2.05) is 0 Å². The molecule has 0 heterocycles. The Bertz CT molecular complexity index is 630. The lowest BCUT2D eigenvalue weighted by atomic mass is 9.79. The van der Waals surface area contributed by atoms with Gasteiger partial charge in [0.2, 0.25) is 5.91 Å². The molecule has 0 atom stereocenters. The molecule has 5 nitrogen and oxygen atoms in total. The molecule has 1 aromatic rings. The predicted molar refractivity (Wildman–Crippen MR) is 81.6 cm³/mol. The monoisotopic (exact) mass is 393 g/mol. The molecule has 1 aliphatic rings. The van der Waals surface area contributed by atoms with E-state index in [4.69, 9.17) is 5.73 Å². The van der Waals surface area contributed by atoms with E-state index in [1.54, 1.807) is 7.05 Å².